The SMILES string of the molecule is CC(C)(C)NC(=O)N1CCCN(S(=O)(=O)Cc2ccccc2)CC1. The summed E-state index contributed by atoms with van der Waals surface area (Å²) in [6, 6.07) is 9.05. The van der Waals surface area contributed by atoms with E-state index in [4.69, 9.17) is 0 Å². The van der Waals surface area contributed by atoms with Gasteiger partial charge in [-0.05, 0) is 32.8 Å². The van der Waals surface area contributed by atoms with E-state index >= 15 is 0 Å². The molecule has 0 aromatic heterocycles. The Labute approximate surface area is 144 Å². The lowest BCUT2D eigenvalue weighted by atomic mass is 10.1. The molecule has 134 valence electrons. The first-order valence-electron chi connectivity index (χ1n) is 8.26. The van der Waals surface area contributed by atoms with Gasteiger partial charge in [-0.15, -0.1) is 0 Å². The van der Waals surface area contributed by atoms with Crippen LogP contribution in [0.15, 0.2) is 30.3 Å². The number of sulfonamides is 1. The summed E-state index contributed by atoms with van der Waals surface area (Å²) >= 11 is 0. The summed E-state index contributed by atoms with van der Waals surface area (Å²) in [5, 5.41) is 2.93. The topological polar surface area (TPSA) is 69.7 Å². The number of carbonyl (C=O) groups excluding carboxylic acids is 1. The van der Waals surface area contributed by atoms with Gasteiger partial charge in [-0.25, -0.2) is 13.2 Å². The van der Waals surface area contributed by atoms with E-state index in [9.17, 15) is 13.2 Å². The zero-order valence-corrected chi connectivity index (χ0v) is 15.5. The summed E-state index contributed by atoms with van der Waals surface area (Å²) in [4.78, 5) is 14.0. The lowest BCUT2D eigenvalue weighted by Gasteiger charge is -2.27. The van der Waals surface area contributed by atoms with Crippen LogP contribution in [0.2, 0.25) is 0 Å². The normalized spacial score (nSPS) is 17.4. The van der Waals surface area contributed by atoms with Crippen LogP contribution >= 0.6 is 0 Å². The predicted octanol–water partition coefficient (Wildman–Crippen LogP) is 2.03. The van der Waals surface area contributed by atoms with Gasteiger partial charge < -0.3 is 10.2 Å². The van der Waals surface area contributed by atoms with Crippen LogP contribution in [0.5, 0.6) is 0 Å². The largest absolute Gasteiger partial charge is 0.333 e. The van der Waals surface area contributed by atoms with Gasteiger partial charge in [0.05, 0.1) is 5.75 Å². The number of amides is 2. The van der Waals surface area contributed by atoms with Crippen LogP contribution in [0.1, 0.15) is 32.8 Å². The zero-order chi connectivity index (χ0) is 17.8. The van der Waals surface area contributed by atoms with E-state index in [1.165, 1.54) is 4.31 Å². The minimum atomic E-state index is -3.37. The first kappa shape index (κ1) is 18.7. The molecule has 0 radical (unpaired) electrons. The van der Waals surface area contributed by atoms with Gasteiger partial charge in [-0.3, -0.25) is 0 Å². The molecular formula is C17H27N3O3S. The molecule has 2 amide bonds. The van der Waals surface area contributed by atoms with Gasteiger partial charge in [0.2, 0.25) is 10.0 Å². The van der Waals surface area contributed by atoms with Crippen LogP contribution in [0.3, 0.4) is 0 Å². The van der Waals surface area contributed by atoms with Gasteiger partial charge in [0.15, 0.2) is 0 Å². The maximum atomic E-state index is 12.6. The molecule has 1 heterocycles. The lowest BCUT2D eigenvalue weighted by Crippen LogP contribution is -2.49. The van der Waals surface area contributed by atoms with Gasteiger partial charge in [0, 0.05) is 31.7 Å². The number of hydrogen-bond acceptors (Lipinski definition) is 3. The van der Waals surface area contributed by atoms with E-state index in [-0.39, 0.29) is 17.3 Å². The minimum absolute atomic E-state index is 0.00201. The molecule has 1 saturated heterocycles. The van der Waals surface area contributed by atoms with Crippen molar-refractivity contribution in [3.63, 3.8) is 0 Å². The summed E-state index contributed by atoms with van der Waals surface area (Å²) in [6.07, 6.45) is 0.644. The molecule has 6 nitrogen and oxygen atoms in total. The van der Waals surface area contributed by atoms with Gasteiger partial charge in [0.1, 0.15) is 0 Å². The van der Waals surface area contributed by atoms with Crippen molar-refractivity contribution >= 4 is 16.1 Å². The predicted molar refractivity (Wildman–Crippen MR) is 95.1 cm³/mol. The second-order valence-electron chi connectivity index (χ2n) is 7.16. The third kappa shape index (κ3) is 5.49. The first-order chi connectivity index (χ1) is 11.2. The highest BCUT2D eigenvalue weighted by Gasteiger charge is 2.28. The summed E-state index contributed by atoms with van der Waals surface area (Å²) in [6.45, 7) is 7.56. The Bertz CT molecular complexity index is 653. The number of hydrogen-bond donors (Lipinski definition) is 1. The van der Waals surface area contributed by atoms with E-state index in [0.29, 0.717) is 32.6 Å². The van der Waals surface area contributed by atoms with Crippen molar-refractivity contribution in [2.75, 3.05) is 26.2 Å². The number of benzene rings is 1. The molecule has 0 bridgehead atoms. The second kappa shape index (κ2) is 7.53. The van der Waals surface area contributed by atoms with E-state index in [0.717, 1.165) is 5.56 Å². The third-order valence-electron chi connectivity index (χ3n) is 3.81. The van der Waals surface area contributed by atoms with Crippen molar-refractivity contribution < 1.29 is 13.2 Å². The highest BCUT2D eigenvalue weighted by Crippen LogP contribution is 2.14. The lowest BCUT2D eigenvalue weighted by molar-refractivity contribution is 0.191. The maximum Gasteiger partial charge on any atom is 0.317 e. The Kier molecular flexibility index (Phi) is 5.87. The van der Waals surface area contributed by atoms with E-state index in [1.807, 2.05) is 51.1 Å². The van der Waals surface area contributed by atoms with E-state index < -0.39 is 10.0 Å². The molecular weight excluding hydrogens is 326 g/mol. The molecule has 1 aliphatic rings. The Balaban J connectivity index is 1.98. The molecule has 7 heteroatoms. The Morgan fingerprint density at radius 2 is 1.75 bits per heavy atom. The Hall–Kier alpha value is -1.60. The summed E-state index contributed by atoms with van der Waals surface area (Å²) in [5.74, 6) is 0.00201. The number of rotatable bonds is 3. The molecule has 1 aromatic carbocycles. The summed E-state index contributed by atoms with van der Waals surface area (Å²) in [7, 11) is -3.37. The number of nitrogens with zero attached hydrogens (tertiary/aromatic N) is 2. The maximum absolute atomic E-state index is 12.6. The molecule has 0 unspecified atom stereocenters. The Morgan fingerprint density at radius 1 is 1.08 bits per heavy atom. The van der Waals surface area contributed by atoms with Crippen molar-refractivity contribution in [2.45, 2.75) is 38.5 Å². The average molecular weight is 353 g/mol. The first-order valence-corrected chi connectivity index (χ1v) is 9.87. The van der Waals surface area contributed by atoms with Gasteiger partial charge in [-0.1, -0.05) is 30.3 Å². The minimum Gasteiger partial charge on any atom is -0.333 e. The summed E-state index contributed by atoms with van der Waals surface area (Å²) < 4.78 is 26.7. The van der Waals surface area contributed by atoms with Crippen LogP contribution < -0.4 is 5.32 Å². The quantitative estimate of drug-likeness (QED) is 0.904. The highest BCUT2D eigenvalue weighted by atomic mass is 32.2. The standard InChI is InChI=1S/C17H27N3O3S/c1-17(2,3)18-16(21)19-10-7-11-20(13-12-19)24(22,23)14-15-8-5-4-6-9-15/h4-6,8-9H,7,10-14H2,1-3H3,(H,18,21). The van der Waals surface area contributed by atoms with Crippen molar-refractivity contribution in [2.24, 2.45) is 0 Å². The van der Waals surface area contributed by atoms with Crippen LogP contribution in [-0.4, -0.2) is 55.4 Å². The molecule has 1 fully saturated rings. The molecule has 1 aromatic rings. The van der Waals surface area contributed by atoms with Crippen molar-refractivity contribution in [1.82, 2.24) is 14.5 Å². The molecule has 1 N–H and O–H groups in total. The van der Waals surface area contributed by atoms with E-state index in [1.54, 1.807) is 4.90 Å². The second-order valence-corrected chi connectivity index (χ2v) is 9.13. The van der Waals surface area contributed by atoms with Crippen LogP contribution in [0.4, 0.5) is 4.79 Å². The van der Waals surface area contributed by atoms with Crippen LogP contribution in [0.25, 0.3) is 0 Å². The summed E-state index contributed by atoms with van der Waals surface area (Å²) in [5.41, 5.74) is 0.478. The molecule has 0 aliphatic carbocycles. The Morgan fingerprint density at radius 3 is 2.38 bits per heavy atom. The third-order valence-corrected chi connectivity index (χ3v) is 5.66. The fourth-order valence-electron chi connectivity index (χ4n) is 2.65. The average Bonchev–Trinajstić information content (AvgIpc) is 2.72. The fourth-order valence-corrected chi connectivity index (χ4v) is 4.21. The molecule has 0 atom stereocenters. The van der Waals surface area contributed by atoms with Gasteiger partial charge in [0.25, 0.3) is 0 Å². The van der Waals surface area contributed by atoms with Crippen LogP contribution in [0, 0.1) is 0 Å². The van der Waals surface area contributed by atoms with Gasteiger partial charge in [-0.2, -0.15) is 4.31 Å². The van der Waals surface area contributed by atoms with E-state index in [2.05, 4.69) is 5.32 Å². The highest BCUT2D eigenvalue weighted by molar-refractivity contribution is 7.88. The molecule has 0 spiro atoms. The fraction of sp³-hybridized carbons (Fsp3) is 0.588. The molecule has 24 heavy (non-hydrogen) atoms. The number of nitrogens with one attached hydrogen (secondary N) is 1. The van der Waals surface area contributed by atoms with Crippen molar-refractivity contribution in [3.05, 3.63) is 35.9 Å². The van der Waals surface area contributed by atoms with Crippen molar-refractivity contribution in [3.8, 4) is 0 Å². The molecule has 1 aliphatic heterocycles. The number of carbonyl (C=O) groups is 1. The monoisotopic (exact) mass is 353 g/mol. The van der Waals surface area contributed by atoms with Crippen LogP contribution in [-0.2, 0) is 15.8 Å². The molecule has 2 rings (SSSR count). The smallest absolute Gasteiger partial charge is 0.317 e. The molecule has 0 saturated carbocycles. The zero-order valence-electron chi connectivity index (χ0n) is 14.7. The van der Waals surface area contributed by atoms with Crippen molar-refractivity contribution in [1.29, 1.82) is 0 Å². The number of urea groups is 1. The van der Waals surface area contributed by atoms with Gasteiger partial charge >= 0.3 is 6.03 Å².